The minimum absolute atomic E-state index is 0.249. The van der Waals surface area contributed by atoms with E-state index in [1.807, 2.05) is 9.58 Å². The van der Waals surface area contributed by atoms with Crippen LogP contribution in [0.1, 0.15) is 48.9 Å². The van der Waals surface area contributed by atoms with Gasteiger partial charge in [0.15, 0.2) is 0 Å². The maximum Gasteiger partial charge on any atom is 0.222 e. The van der Waals surface area contributed by atoms with Gasteiger partial charge in [-0.15, -0.1) is 16.9 Å². The second kappa shape index (κ2) is 7.20. The standard InChI is InChI=1S/C19H24N4OS/c1-25-17-7-2-14(3-8-17)4-9-19(24)22-11-10-16(12-22)23-13-18(20-21-23)15-5-6-15/h2-3,7-8,13,15-16H,4-6,9-12H2,1H3. The van der Waals surface area contributed by atoms with Crippen LogP contribution in [0.4, 0.5) is 0 Å². The van der Waals surface area contributed by atoms with Gasteiger partial charge in [0, 0.05) is 36.5 Å². The summed E-state index contributed by atoms with van der Waals surface area (Å²) in [5.41, 5.74) is 2.35. The van der Waals surface area contributed by atoms with Crippen molar-refractivity contribution >= 4 is 17.7 Å². The van der Waals surface area contributed by atoms with Crippen LogP contribution in [-0.2, 0) is 11.2 Å². The first-order valence-electron chi connectivity index (χ1n) is 9.05. The molecule has 0 radical (unpaired) electrons. The largest absolute Gasteiger partial charge is 0.340 e. The molecule has 2 aromatic rings. The fraction of sp³-hybridized carbons (Fsp3) is 0.526. The molecule has 1 unspecified atom stereocenters. The molecular weight excluding hydrogens is 332 g/mol. The predicted molar refractivity (Wildman–Crippen MR) is 98.8 cm³/mol. The summed E-state index contributed by atoms with van der Waals surface area (Å²) in [5, 5.41) is 8.58. The number of thioether (sulfide) groups is 1. The number of likely N-dealkylation sites (tertiary alicyclic amines) is 1. The highest BCUT2D eigenvalue weighted by Crippen LogP contribution is 2.39. The molecule has 1 aliphatic heterocycles. The zero-order chi connectivity index (χ0) is 17.2. The van der Waals surface area contributed by atoms with Crippen molar-refractivity contribution in [2.24, 2.45) is 0 Å². The smallest absolute Gasteiger partial charge is 0.222 e. The average molecular weight is 356 g/mol. The molecule has 0 N–H and O–H groups in total. The van der Waals surface area contributed by atoms with E-state index < -0.39 is 0 Å². The van der Waals surface area contributed by atoms with Crippen molar-refractivity contribution < 1.29 is 4.79 Å². The molecule has 1 aromatic carbocycles. The second-order valence-electron chi connectivity index (χ2n) is 7.03. The number of carbonyl (C=O) groups is 1. The van der Waals surface area contributed by atoms with Gasteiger partial charge in [-0.25, -0.2) is 4.68 Å². The Labute approximate surface area is 152 Å². The number of aryl methyl sites for hydroxylation is 1. The molecule has 5 nitrogen and oxygen atoms in total. The fourth-order valence-electron chi connectivity index (χ4n) is 3.42. The van der Waals surface area contributed by atoms with Gasteiger partial charge in [0.1, 0.15) is 0 Å². The van der Waals surface area contributed by atoms with Gasteiger partial charge in [-0.05, 0) is 49.6 Å². The van der Waals surface area contributed by atoms with Crippen molar-refractivity contribution in [2.45, 2.75) is 49.0 Å². The number of amides is 1. The van der Waals surface area contributed by atoms with E-state index in [4.69, 9.17) is 0 Å². The fourth-order valence-corrected chi connectivity index (χ4v) is 3.83. The minimum Gasteiger partial charge on any atom is -0.340 e. The summed E-state index contributed by atoms with van der Waals surface area (Å²) < 4.78 is 1.97. The van der Waals surface area contributed by atoms with Crippen molar-refractivity contribution in [1.29, 1.82) is 0 Å². The summed E-state index contributed by atoms with van der Waals surface area (Å²) >= 11 is 1.74. The predicted octanol–water partition coefficient (Wildman–Crippen LogP) is 3.28. The summed E-state index contributed by atoms with van der Waals surface area (Å²) in [6, 6.07) is 8.78. The molecule has 2 fully saturated rings. The van der Waals surface area contributed by atoms with E-state index in [1.54, 1.807) is 11.8 Å². The van der Waals surface area contributed by atoms with Gasteiger partial charge in [0.25, 0.3) is 0 Å². The molecule has 0 bridgehead atoms. The summed E-state index contributed by atoms with van der Waals surface area (Å²) in [7, 11) is 0. The van der Waals surface area contributed by atoms with E-state index in [2.05, 4.69) is 47.0 Å². The van der Waals surface area contributed by atoms with E-state index in [0.717, 1.165) is 31.6 Å². The molecule has 1 atom stereocenters. The molecular formula is C19H24N4OS. The molecule has 1 aromatic heterocycles. The highest BCUT2D eigenvalue weighted by molar-refractivity contribution is 7.98. The van der Waals surface area contributed by atoms with E-state index >= 15 is 0 Å². The molecule has 1 aliphatic carbocycles. The zero-order valence-electron chi connectivity index (χ0n) is 14.6. The summed E-state index contributed by atoms with van der Waals surface area (Å²) in [6.45, 7) is 1.59. The Morgan fingerprint density at radius 1 is 1.24 bits per heavy atom. The lowest BCUT2D eigenvalue weighted by Gasteiger charge is -2.16. The van der Waals surface area contributed by atoms with Crippen LogP contribution in [0.3, 0.4) is 0 Å². The topological polar surface area (TPSA) is 51.0 Å². The molecule has 132 valence electrons. The number of benzene rings is 1. The van der Waals surface area contributed by atoms with Gasteiger partial charge in [-0.1, -0.05) is 17.3 Å². The Kier molecular flexibility index (Phi) is 4.79. The molecule has 25 heavy (non-hydrogen) atoms. The van der Waals surface area contributed by atoms with E-state index in [9.17, 15) is 4.79 Å². The van der Waals surface area contributed by atoms with Crippen LogP contribution in [0.5, 0.6) is 0 Å². The Balaban J connectivity index is 1.28. The van der Waals surface area contributed by atoms with Crippen molar-refractivity contribution in [3.8, 4) is 0 Å². The second-order valence-corrected chi connectivity index (χ2v) is 7.91. The molecule has 4 rings (SSSR count). The van der Waals surface area contributed by atoms with E-state index in [0.29, 0.717) is 12.3 Å². The third kappa shape index (κ3) is 3.89. The van der Waals surface area contributed by atoms with Gasteiger partial charge < -0.3 is 4.90 Å². The molecule has 1 saturated carbocycles. The normalized spacial score (nSPS) is 20.2. The Bertz CT molecular complexity index is 738. The Morgan fingerprint density at radius 3 is 2.76 bits per heavy atom. The first-order chi connectivity index (χ1) is 12.2. The molecule has 2 aliphatic rings. The molecule has 6 heteroatoms. The third-order valence-corrected chi connectivity index (χ3v) is 5.94. The van der Waals surface area contributed by atoms with Crippen LogP contribution in [0.15, 0.2) is 35.4 Å². The Morgan fingerprint density at radius 2 is 2.04 bits per heavy atom. The van der Waals surface area contributed by atoms with Crippen LogP contribution in [-0.4, -0.2) is 45.1 Å². The van der Waals surface area contributed by atoms with Crippen molar-refractivity contribution in [1.82, 2.24) is 19.9 Å². The van der Waals surface area contributed by atoms with Crippen LogP contribution in [0.25, 0.3) is 0 Å². The SMILES string of the molecule is CSc1ccc(CCC(=O)N2CCC(n3cc(C4CC4)nn3)C2)cc1. The van der Waals surface area contributed by atoms with Crippen molar-refractivity contribution in [3.05, 3.63) is 41.7 Å². The van der Waals surface area contributed by atoms with Gasteiger partial charge >= 0.3 is 0 Å². The summed E-state index contributed by atoms with van der Waals surface area (Å²) in [4.78, 5) is 15.8. The first-order valence-corrected chi connectivity index (χ1v) is 10.3. The lowest BCUT2D eigenvalue weighted by molar-refractivity contribution is -0.130. The first kappa shape index (κ1) is 16.6. The third-order valence-electron chi connectivity index (χ3n) is 5.20. The number of hydrogen-bond acceptors (Lipinski definition) is 4. The number of carbonyl (C=O) groups excluding carboxylic acids is 1. The summed E-state index contributed by atoms with van der Waals surface area (Å²) in [6.07, 6.45) is 9.01. The van der Waals surface area contributed by atoms with E-state index in [-0.39, 0.29) is 11.9 Å². The van der Waals surface area contributed by atoms with Gasteiger partial charge in [0.05, 0.1) is 11.7 Å². The van der Waals surface area contributed by atoms with Crippen molar-refractivity contribution in [3.63, 3.8) is 0 Å². The highest BCUT2D eigenvalue weighted by atomic mass is 32.2. The summed E-state index contributed by atoms with van der Waals surface area (Å²) in [5.74, 6) is 0.879. The quantitative estimate of drug-likeness (QED) is 0.745. The van der Waals surface area contributed by atoms with E-state index in [1.165, 1.54) is 23.3 Å². The van der Waals surface area contributed by atoms with Gasteiger partial charge in [0.2, 0.25) is 5.91 Å². The molecule has 2 heterocycles. The van der Waals surface area contributed by atoms with Crippen LogP contribution < -0.4 is 0 Å². The van der Waals surface area contributed by atoms with Crippen LogP contribution >= 0.6 is 11.8 Å². The molecule has 0 spiro atoms. The van der Waals surface area contributed by atoms with Crippen molar-refractivity contribution in [2.75, 3.05) is 19.3 Å². The number of hydrogen-bond donors (Lipinski definition) is 0. The highest BCUT2D eigenvalue weighted by Gasteiger charge is 2.30. The van der Waals surface area contributed by atoms with Crippen LogP contribution in [0, 0.1) is 0 Å². The number of aromatic nitrogens is 3. The minimum atomic E-state index is 0.249. The number of rotatable bonds is 6. The van der Waals surface area contributed by atoms with Crippen LogP contribution in [0.2, 0.25) is 0 Å². The van der Waals surface area contributed by atoms with Gasteiger partial charge in [-0.3, -0.25) is 4.79 Å². The molecule has 1 saturated heterocycles. The number of nitrogens with zero attached hydrogens (tertiary/aromatic N) is 4. The zero-order valence-corrected chi connectivity index (χ0v) is 15.4. The Hall–Kier alpha value is -1.82. The lowest BCUT2D eigenvalue weighted by Crippen LogP contribution is -2.29. The maximum absolute atomic E-state index is 12.5. The molecule has 1 amide bonds. The monoisotopic (exact) mass is 356 g/mol. The lowest BCUT2D eigenvalue weighted by atomic mass is 10.1. The maximum atomic E-state index is 12.5. The average Bonchev–Trinajstić information content (AvgIpc) is 3.18. The van der Waals surface area contributed by atoms with Gasteiger partial charge in [-0.2, -0.15) is 0 Å².